The van der Waals surface area contributed by atoms with Crippen LogP contribution >= 0.6 is 0 Å². The minimum Gasteiger partial charge on any atom is -0.465 e. The van der Waals surface area contributed by atoms with Gasteiger partial charge in [0.25, 0.3) is 0 Å². The minimum absolute atomic E-state index is 0.0611. The van der Waals surface area contributed by atoms with Gasteiger partial charge < -0.3 is 34.4 Å². The Balaban J connectivity index is 0.931. The fraction of sp³-hybridized carbons (Fsp3) is 0.450. The molecule has 2 saturated heterocycles. The van der Waals surface area contributed by atoms with Gasteiger partial charge in [-0.1, -0.05) is 12.1 Å². The maximum Gasteiger partial charge on any atom is 0.407 e. The highest BCUT2D eigenvalue weighted by molar-refractivity contribution is 6.06. The van der Waals surface area contributed by atoms with Crippen LogP contribution in [0, 0.1) is 11.8 Å². The number of rotatable bonds is 10. The number of hydrogen-bond acceptors (Lipinski definition) is 7. The fourth-order valence-corrected chi connectivity index (χ4v) is 8.82. The van der Waals surface area contributed by atoms with Crippen LogP contribution in [0.25, 0.3) is 44.5 Å². The number of imidazole rings is 2. The standard InChI is InChI=1S/C40H44N8O7/c1-45(39(51)52)33(21-7-8-21)37(49)47-15-3-5-29(47)35-41-19-27(43-35)23-11-13-25-26-14-12-24(18-32(26)55-31(25)17-23)28-20-42-36(44-28)30-6-4-16-48(30)38(50)34(22-9-10-22)46(2)40(53)54/h11-14,17-22,29-30,33-34H,3-10,15-16H2,1-2H3,(H,41,43)(H,42,44)(H,51,52)(H,53,54)/t29-,30-,33-,34-/m0/s1. The highest BCUT2D eigenvalue weighted by Crippen LogP contribution is 2.42. The van der Waals surface area contributed by atoms with E-state index in [-0.39, 0.29) is 35.7 Å². The molecule has 15 nitrogen and oxygen atoms in total. The third-order valence-electron chi connectivity index (χ3n) is 12.1. The monoisotopic (exact) mass is 748 g/mol. The van der Waals surface area contributed by atoms with E-state index in [2.05, 4.69) is 19.9 Å². The number of fused-ring (bicyclic) bond motifs is 3. The van der Waals surface area contributed by atoms with Crippen molar-refractivity contribution in [2.24, 2.45) is 11.8 Å². The predicted octanol–water partition coefficient (Wildman–Crippen LogP) is 6.47. The zero-order chi connectivity index (χ0) is 38.1. The van der Waals surface area contributed by atoms with Gasteiger partial charge in [-0.25, -0.2) is 19.6 Å². The van der Waals surface area contributed by atoms with Crippen LogP contribution in [0.4, 0.5) is 9.59 Å². The van der Waals surface area contributed by atoms with Crippen LogP contribution in [0.15, 0.2) is 53.2 Å². The summed E-state index contributed by atoms with van der Waals surface area (Å²) in [5, 5.41) is 21.2. The van der Waals surface area contributed by atoms with Crippen LogP contribution in [-0.2, 0) is 9.59 Å². The number of furan rings is 1. The number of carbonyl (C=O) groups excluding carboxylic acids is 2. The number of amides is 4. The van der Waals surface area contributed by atoms with Gasteiger partial charge in [0.05, 0.1) is 35.9 Å². The molecule has 2 saturated carbocycles. The molecule has 2 aliphatic carbocycles. The molecule has 15 heteroatoms. The van der Waals surface area contributed by atoms with E-state index in [0.29, 0.717) is 35.9 Å². The summed E-state index contributed by atoms with van der Waals surface area (Å²) in [5.41, 5.74) is 4.78. The lowest BCUT2D eigenvalue weighted by molar-refractivity contribution is -0.138. The molecule has 286 valence electrons. The number of likely N-dealkylation sites (N-methyl/N-ethyl adjacent to an activating group) is 2. The summed E-state index contributed by atoms with van der Waals surface area (Å²) in [5.74, 6) is 1.18. The highest BCUT2D eigenvalue weighted by Gasteiger charge is 2.47. The van der Waals surface area contributed by atoms with Gasteiger partial charge in [-0.15, -0.1) is 0 Å². The zero-order valence-corrected chi connectivity index (χ0v) is 30.8. The average molecular weight is 749 g/mol. The Hall–Kier alpha value is -5.86. The molecular weight excluding hydrogens is 704 g/mol. The second-order valence-corrected chi connectivity index (χ2v) is 15.6. The van der Waals surface area contributed by atoms with E-state index in [0.717, 1.165) is 94.5 Å². The number of benzene rings is 2. The Kier molecular flexibility index (Phi) is 8.54. The van der Waals surface area contributed by atoms with Crippen molar-refractivity contribution in [1.29, 1.82) is 0 Å². The van der Waals surface area contributed by atoms with Crippen LogP contribution in [0.1, 0.15) is 75.1 Å². The predicted molar refractivity (Wildman–Crippen MR) is 201 cm³/mol. The van der Waals surface area contributed by atoms with Crippen LogP contribution in [0.5, 0.6) is 0 Å². The molecule has 4 amide bonds. The van der Waals surface area contributed by atoms with Crippen molar-refractivity contribution in [2.45, 2.75) is 75.5 Å². The topological polar surface area (TPSA) is 192 Å². The molecule has 3 aromatic heterocycles. The molecule has 4 atom stereocenters. The van der Waals surface area contributed by atoms with Crippen molar-refractivity contribution in [2.75, 3.05) is 27.2 Å². The first kappa shape index (κ1) is 34.9. The molecule has 9 rings (SSSR count). The Labute approximate surface area is 316 Å². The summed E-state index contributed by atoms with van der Waals surface area (Å²) in [6.07, 6.45) is 7.90. The van der Waals surface area contributed by atoms with Gasteiger partial charge in [0.15, 0.2) is 0 Å². The van der Waals surface area contributed by atoms with Crippen LogP contribution in [0.3, 0.4) is 0 Å². The lowest BCUT2D eigenvalue weighted by Crippen LogP contribution is -2.50. The Morgan fingerprint density at radius 3 is 1.49 bits per heavy atom. The van der Waals surface area contributed by atoms with E-state index in [1.807, 2.05) is 36.4 Å². The quantitative estimate of drug-likeness (QED) is 0.124. The van der Waals surface area contributed by atoms with Gasteiger partial charge in [0, 0.05) is 49.1 Å². The Morgan fingerprint density at radius 2 is 1.11 bits per heavy atom. The summed E-state index contributed by atoms with van der Waals surface area (Å²) >= 11 is 0. The van der Waals surface area contributed by atoms with Crippen molar-refractivity contribution in [3.05, 3.63) is 60.4 Å². The first-order chi connectivity index (χ1) is 26.6. The number of nitrogens with zero attached hydrogens (tertiary/aromatic N) is 6. The molecule has 4 aliphatic rings. The van der Waals surface area contributed by atoms with Crippen LogP contribution < -0.4 is 0 Å². The molecule has 0 unspecified atom stereocenters. The van der Waals surface area contributed by atoms with E-state index in [9.17, 15) is 29.4 Å². The van der Waals surface area contributed by atoms with Crippen molar-refractivity contribution >= 4 is 45.9 Å². The maximum absolute atomic E-state index is 13.7. The molecule has 55 heavy (non-hydrogen) atoms. The molecule has 4 N–H and O–H groups in total. The molecule has 5 heterocycles. The molecular formula is C40H44N8O7. The van der Waals surface area contributed by atoms with E-state index in [1.54, 1.807) is 22.2 Å². The first-order valence-corrected chi connectivity index (χ1v) is 19.2. The van der Waals surface area contributed by atoms with Gasteiger partial charge >= 0.3 is 12.2 Å². The van der Waals surface area contributed by atoms with Gasteiger partial charge in [-0.2, -0.15) is 0 Å². The first-order valence-electron chi connectivity index (χ1n) is 19.2. The van der Waals surface area contributed by atoms with Crippen molar-refractivity contribution in [1.82, 2.24) is 39.5 Å². The normalized spacial score (nSPS) is 21.0. The number of aromatic amines is 2. The second-order valence-electron chi connectivity index (χ2n) is 15.6. The van der Waals surface area contributed by atoms with Gasteiger partial charge in [-0.05, 0) is 87.5 Å². The number of nitrogens with one attached hydrogen (secondary N) is 2. The summed E-state index contributed by atoms with van der Waals surface area (Å²) in [4.78, 5) is 73.1. The smallest absolute Gasteiger partial charge is 0.407 e. The summed E-state index contributed by atoms with van der Waals surface area (Å²) in [6.45, 7) is 1.13. The zero-order valence-electron chi connectivity index (χ0n) is 30.8. The number of aromatic nitrogens is 4. The molecule has 0 radical (unpaired) electrons. The van der Waals surface area contributed by atoms with E-state index in [1.165, 1.54) is 14.1 Å². The summed E-state index contributed by atoms with van der Waals surface area (Å²) < 4.78 is 6.40. The largest absolute Gasteiger partial charge is 0.465 e. The third kappa shape index (κ3) is 6.24. The molecule has 2 aliphatic heterocycles. The van der Waals surface area contributed by atoms with Crippen molar-refractivity contribution in [3.63, 3.8) is 0 Å². The summed E-state index contributed by atoms with van der Waals surface area (Å²) in [6, 6.07) is 10.2. The molecule has 0 spiro atoms. The molecule has 5 aromatic rings. The van der Waals surface area contributed by atoms with Gasteiger partial charge in [0.1, 0.15) is 34.9 Å². The lowest BCUT2D eigenvalue weighted by atomic mass is 10.1. The van der Waals surface area contributed by atoms with Gasteiger partial charge in [-0.3, -0.25) is 19.4 Å². The Morgan fingerprint density at radius 1 is 0.691 bits per heavy atom. The highest BCUT2D eigenvalue weighted by atomic mass is 16.4. The Bertz CT molecular complexity index is 2160. The fourth-order valence-electron chi connectivity index (χ4n) is 8.82. The maximum atomic E-state index is 13.7. The average Bonchev–Trinajstić information content (AvgIpc) is 3.78. The van der Waals surface area contributed by atoms with Crippen molar-refractivity contribution in [3.8, 4) is 22.5 Å². The van der Waals surface area contributed by atoms with E-state index >= 15 is 0 Å². The molecule has 4 fully saturated rings. The van der Waals surface area contributed by atoms with Crippen LogP contribution in [0.2, 0.25) is 0 Å². The minimum atomic E-state index is -1.10. The molecule has 0 bridgehead atoms. The van der Waals surface area contributed by atoms with Gasteiger partial charge in [0.2, 0.25) is 11.8 Å². The number of hydrogen-bond donors (Lipinski definition) is 4. The number of carbonyl (C=O) groups is 4. The van der Waals surface area contributed by atoms with E-state index < -0.39 is 24.3 Å². The van der Waals surface area contributed by atoms with E-state index in [4.69, 9.17) is 4.42 Å². The number of likely N-dealkylation sites (tertiary alicyclic amines) is 2. The SMILES string of the molecule is CN(C(=O)O)[C@H](C(=O)N1CCC[C@H]1c1ncc(-c2ccc3c(c2)oc2cc(-c4cnc([C@@H]5CCCN5C(=O)[C@H](C5CC5)N(C)C(=O)O)[nH]4)ccc23)[nH]1)C1CC1. The van der Waals surface area contributed by atoms with Crippen LogP contribution in [-0.4, -0.2) is 113 Å². The summed E-state index contributed by atoms with van der Waals surface area (Å²) in [7, 11) is 2.96. The third-order valence-corrected chi connectivity index (χ3v) is 12.1. The number of carboxylic acid groups (broad SMARTS) is 2. The number of H-pyrrole nitrogens is 2. The van der Waals surface area contributed by atoms with Crippen molar-refractivity contribution < 1.29 is 33.8 Å². The molecule has 2 aromatic carbocycles. The lowest BCUT2D eigenvalue weighted by Gasteiger charge is -2.31. The second kappa shape index (κ2) is 13.5.